The number of aryl methyl sites for hydroxylation is 2. The van der Waals surface area contributed by atoms with E-state index in [-0.39, 0.29) is 34.0 Å². The van der Waals surface area contributed by atoms with Crippen molar-refractivity contribution in [2.24, 2.45) is 0 Å². The third kappa shape index (κ3) is 10.2. The second-order valence-electron chi connectivity index (χ2n) is 17.7. The Bertz CT molecular complexity index is 1960. The van der Waals surface area contributed by atoms with Gasteiger partial charge in [-0.2, -0.15) is 0 Å². The molecule has 286 valence electrons. The number of carbonyl (C=O) groups is 3. The molecule has 0 bridgehead atoms. The van der Waals surface area contributed by atoms with Gasteiger partial charge in [0.25, 0.3) is 0 Å². The van der Waals surface area contributed by atoms with Crippen LogP contribution in [0.25, 0.3) is 0 Å². The van der Waals surface area contributed by atoms with E-state index in [1.54, 1.807) is 11.8 Å². The van der Waals surface area contributed by atoms with E-state index < -0.39 is 0 Å². The number of amides is 3. The minimum atomic E-state index is -0.0806. The molecule has 0 radical (unpaired) electrons. The van der Waals surface area contributed by atoms with Crippen LogP contribution in [-0.2, 0) is 49.9 Å². The first-order valence-electron chi connectivity index (χ1n) is 19.4. The highest BCUT2D eigenvalue weighted by Crippen LogP contribution is 2.42. The van der Waals surface area contributed by atoms with E-state index in [2.05, 4.69) is 139 Å². The van der Waals surface area contributed by atoms with Crippen LogP contribution in [0.4, 0.5) is 22.7 Å². The molecule has 6 rings (SSSR count). The quantitative estimate of drug-likeness (QED) is 0.189. The van der Waals surface area contributed by atoms with Crippen molar-refractivity contribution in [1.82, 2.24) is 0 Å². The van der Waals surface area contributed by atoms with Crippen LogP contribution in [-0.4, -0.2) is 37.9 Å². The predicted octanol–water partition coefficient (Wildman–Crippen LogP) is 9.75. The molecule has 3 amide bonds. The van der Waals surface area contributed by atoms with Crippen LogP contribution in [0.2, 0.25) is 0 Å². The molecule has 2 N–H and O–H groups in total. The van der Waals surface area contributed by atoms with E-state index in [0.717, 1.165) is 47.6 Å². The predicted molar refractivity (Wildman–Crippen MR) is 225 cm³/mol. The average Bonchev–Trinajstić information content (AvgIpc) is 3.61. The Labute approximate surface area is 323 Å². The van der Waals surface area contributed by atoms with Crippen molar-refractivity contribution >= 4 is 40.5 Å². The fraction of sp³-hybridized carbons (Fsp3) is 0.426. The van der Waals surface area contributed by atoms with E-state index in [4.69, 9.17) is 0 Å². The zero-order valence-corrected chi connectivity index (χ0v) is 34.2. The van der Waals surface area contributed by atoms with E-state index in [1.165, 1.54) is 27.9 Å². The lowest BCUT2D eigenvalue weighted by molar-refractivity contribution is -0.117. The molecule has 0 atom stereocenters. The van der Waals surface area contributed by atoms with Gasteiger partial charge < -0.3 is 20.4 Å². The van der Waals surface area contributed by atoms with Gasteiger partial charge in [0.15, 0.2) is 0 Å². The Morgan fingerprint density at radius 1 is 0.667 bits per heavy atom. The molecule has 2 aliphatic rings. The van der Waals surface area contributed by atoms with Crippen LogP contribution >= 0.6 is 0 Å². The summed E-state index contributed by atoms with van der Waals surface area (Å²) >= 11 is 0. The van der Waals surface area contributed by atoms with Gasteiger partial charge in [-0.15, -0.1) is 0 Å². The number of hydrogen-bond donors (Lipinski definition) is 2. The Morgan fingerprint density at radius 3 is 1.59 bits per heavy atom. The second kappa shape index (κ2) is 16.2. The van der Waals surface area contributed by atoms with Crippen molar-refractivity contribution in [3.05, 3.63) is 118 Å². The average molecular weight is 729 g/mol. The van der Waals surface area contributed by atoms with Crippen molar-refractivity contribution < 1.29 is 14.4 Å². The molecule has 2 aliphatic heterocycles. The molecule has 54 heavy (non-hydrogen) atoms. The fourth-order valence-corrected chi connectivity index (χ4v) is 7.17. The number of likely N-dealkylation sites (N-methyl/N-ethyl adjacent to an activating group) is 1. The van der Waals surface area contributed by atoms with E-state index in [9.17, 15) is 14.4 Å². The van der Waals surface area contributed by atoms with Gasteiger partial charge in [-0.25, -0.2) is 0 Å². The molecule has 0 saturated carbocycles. The monoisotopic (exact) mass is 728 g/mol. The molecule has 0 fully saturated rings. The Kier molecular flexibility index (Phi) is 12.1. The summed E-state index contributed by atoms with van der Waals surface area (Å²) in [5.41, 5.74) is 11.5. The standard InChI is InChI=1S/C25H32N2O2.C22H28N2O/c1-17(28)27-16-25(5,6)21-13-12-20(15-22(21)27)26-23(29)14-9-18-7-10-19(11-8-18)24(2,3)4;1-22(2,3)18-9-5-16(6-10-18)7-12-21(25)23-19-11-8-17-13-14-24(4)20(17)15-19/h7-8,10-13,15H,9,14,16H2,1-6H3,(H,26,29);5-6,8-11,15H,7,12-14H2,1-4H3,(H,23,25). The molecule has 0 aliphatic carbocycles. The van der Waals surface area contributed by atoms with Crippen molar-refractivity contribution in [3.63, 3.8) is 0 Å². The third-order valence-electron chi connectivity index (χ3n) is 10.7. The van der Waals surface area contributed by atoms with Crippen LogP contribution < -0.4 is 20.4 Å². The van der Waals surface area contributed by atoms with Gasteiger partial charge >= 0.3 is 0 Å². The maximum Gasteiger partial charge on any atom is 0.224 e. The van der Waals surface area contributed by atoms with Crippen LogP contribution in [0.5, 0.6) is 0 Å². The molecule has 0 aromatic heterocycles. The molecule has 2 heterocycles. The first kappa shape index (κ1) is 40.3. The largest absolute Gasteiger partial charge is 0.374 e. The van der Waals surface area contributed by atoms with Gasteiger partial charge in [-0.1, -0.05) is 116 Å². The number of hydrogen-bond acceptors (Lipinski definition) is 4. The molecular formula is C47H60N4O3. The van der Waals surface area contributed by atoms with Gasteiger partial charge in [0, 0.05) is 68.1 Å². The van der Waals surface area contributed by atoms with Crippen LogP contribution in [0, 0.1) is 0 Å². The maximum atomic E-state index is 12.5. The van der Waals surface area contributed by atoms with E-state index >= 15 is 0 Å². The summed E-state index contributed by atoms with van der Waals surface area (Å²) in [6.07, 6.45) is 3.48. The SMILES string of the molecule is CC(=O)N1CC(C)(C)c2ccc(NC(=O)CCc3ccc(C(C)(C)C)cc3)cc21.CN1CCc2ccc(NC(=O)CCc3ccc(C(C)(C)C)cc3)cc21. The summed E-state index contributed by atoms with van der Waals surface area (Å²) in [7, 11) is 2.10. The minimum Gasteiger partial charge on any atom is -0.374 e. The zero-order valence-electron chi connectivity index (χ0n) is 34.2. The summed E-state index contributed by atoms with van der Waals surface area (Å²) in [6, 6.07) is 29.2. The Balaban J connectivity index is 0.000000210. The number of nitrogens with one attached hydrogen (secondary N) is 2. The van der Waals surface area contributed by atoms with Crippen LogP contribution in [0.15, 0.2) is 84.9 Å². The smallest absolute Gasteiger partial charge is 0.224 e. The summed E-state index contributed by atoms with van der Waals surface area (Å²) in [4.78, 5) is 40.8. The molecule has 7 nitrogen and oxygen atoms in total. The second-order valence-corrected chi connectivity index (χ2v) is 17.7. The molecule has 4 aromatic carbocycles. The zero-order chi connectivity index (χ0) is 39.4. The van der Waals surface area contributed by atoms with Gasteiger partial charge in [-0.05, 0) is 87.7 Å². The molecular weight excluding hydrogens is 669 g/mol. The fourth-order valence-electron chi connectivity index (χ4n) is 7.17. The maximum absolute atomic E-state index is 12.5. The molecule has 7 heteroatoms. The van der Waals surface area contributed by atoms with Crippen molar-refractivity contribution in [2.45, 2.75) is 111 Å². The van der Waals surface area contributed by atoms with Crippen molar-refractivity contribution in [3.8, 4) is 0 Å². The van der Waals surface area contributed by atoms with Crippen LogP contribution in [0.1, 0.15) is 109 Å². The number of nitrogens with zero attached hydrogens (tertiary/aromatic N) is 2. The summed E-state index contributed by atoms with van der Waals surface area (Å²) < 4.78 is 0. The summed E-state index contributed by atoms with van der Waals surface area (Å²) in [5, 5.41) is 6.02. The highest BCUT2D eigenvalue weighted by atomic mass is 16.2. The molecule has 0 saturated heterocycles. The molecule has 4 aromatic rings. The highest BCUT2D eigenvalue weighted by Gasteiger charge is 2.37. The lowest BCUT2D eigenvalue weighted by Gasteiger charge is -2.19. The van der Waals surface area contributed by atoms with Crippen LogP contribution in [0.3, 0.4) is 0 Å². The first-order chi connectivity index (χ1) is 25.3. The lowest BCUT2D eigenvalue weighted by Crippen LogP contribution is -2.32. The van der Waals surface area contributed by atoms with Crippen molar-refractivity contribution in [2.75, 3.05) is 40.6 Å². The normalized spacial score (nSPS) is 14.5. The number of carbonyl (C=O) groups excluding carboxylic acids is 3. The van der Waals surface area contributed by atoms with Gasteiger partial charge in [0.2, 0.25) is 17.7 Å². The Hall–Kier alpha value is -4.91. The van der Waals surface area contributed by atoms with E-state index in [1.807, 2.05) is 24.3 Å². The minimum absolute atomic E-state index is 0.0171. The first-order valence-corrected chi connectivity index (χ1v) is 19.4. The topological polar surface area (TPSA) is 81.8 Å². The Morgan fingerprint density at radius 2 is 1.13 bits per heavy atom. The summed E-state index contributed by atoms with van der Waals surface area (Å²) in [5.74, 6) is 0.0796. The van der Waals surface area contributed by atoms with Crippen molar-refractivity contribution in [1.29, 1.82) is 0 Å². The highest BCUT2D eigenvalue weighted by molar-refractivity contribution is 5.97. The van der Waals surface area contributed by atoms with Gasteiger partial charge in [-0.3, -0.25) is 14.4 Å². The lowest BCUT2D eigenvalue weighted by atomic mass is 9.86. The van der Waals surface area contributed by atoms with Gasteiger partial charge in [0.1, 0.15) is 0 Å². The molecule has 0 unspecified atom stereocenters. The third-order valence-corrected chi connectivity index (χ3v) is 10.7. The number of fused-ring (bicyclic) bond motifs is 2. The number of rotatable bonds is 8. The summed E-state index contributed by atoms with van der Waals surface area (Å²) in [6.45, 7) is 20.8. The van der Waals surface area contributed by atoms with E-state index in [0.29, 0.717) is 25.8 Å². The van der Waals surface area contributed by atoms with Gasteiger partial charge in [0.05, 0.1) is 0 Å². The number of benzene rings is 4. The number of anilines is 4. The molecule has 0 spiro atoms.